The molecule has 3 nitrogen and oxygen atoms in total. The lowest BCUT2D eigenvalue weighted by molar-refractivity contribution is -0.133. The van der Waals surface area contributed by atoms with Crippen LogP contribution in [0.4, 0.5) is 0 Å². The maximum atomic E-state index is 11.4. The minimum absolute atomic E-state index is 0.135. The maximum Gasteiger partial charge on any atom is 0.222 e. The quantitative estimate of drug-likeness (QED) is 0.652. The average molecular weight is 183 g/mol. The third-order valence-electron chi connectivity index (χ3n) is 3.43. The molecule has 2 saturated heterocycles. The molecule has 1 N–H and O–H groups in total. The first-order valence-electron chi connectivity index (χ1n) is 5.20. The van der Waals surface area contributed by atoms with Crippen LogP contribution in [-0.2, 0) is 4.79 Å². The predicted molar refractivity (Wildman–Crippen MR) is 49.1 cm³/mol. The lowest BCUT2D eigenvalue weighted by Gasteiger charge is -2.38. The Hall–Kier alpha value is -0.570. The van der Waals surface area contributed by atoms with Gasteiger partial charge in [0.1, 0.15) is 0 Å². The molecule has 13 heavy (non-hydrogen) atoms. The number of hydrogen-bond donors (Lipinski definition) is 1. The SMILES string of the molecule is CC[C@@H]1C[C@@H](O)[C@@H]2CCC(=O)N2C1. The summed E-state index contributed by atoms with van der Waals surface area (Å²) in [6.45, 7) is 3.00. The van der Waals surface area contributed by atoms with E-state index < -0.39 is 0 Å². The van der Waals surface area contributed by atoms with E-state index in [2.05, 4.69) is 6.92 Å². The highest BCUT2D eigenvalue weighted by atomic mass is 16.3. The standard InChI is InChI=1S/C10H17NO2/c1-2-7-5-9(12)8-3-4-10(13)11(8)6-7/h7-9,12H,2-6H2,1H3/t7-,8+,9-/m1/s1. The van der Waals surface area contributed by atoms with Gasteiger partial charge < -0.3 is 10.0 Å². The van der Waals surface area contributed by atoms with Gasteiger partial charge in [-0.25, -0.2) is 0 Å². The molecule has 0 unspecified atom stereocenters. The highest BCUT2D eigenvalue weighted by Crippen LogP contribution is 2.31. The lowest BCUT2D eigenvalue weighted by Crippen LogP contribution is -2.49. The molecule has 2 heterocycles. The van der Waals surface area contributed by atoms with Gasteiger partial charge in [0.05, 0.1) is 12.1 Å². The second kappa shape index (κ2) is 3.29. The number of carbonyl (C=O) groups excluding carboxylic acids is 1. The third kappa shape index (κ3) is 1.46. The summed E-state index contributed by atoms with van der Waals surface area (Å²) in [5.41, 5.74) is 0. The fourth-order valence-electron chi connectivity index (χ4n) is 2.54. The molecule has 0 aromatic rings. The summed E-state index contributed by atoms with van der Waals surface area (Å²) < 4.78 is 0. The number of piperidine rings is 1. The van der Waals surface area contributed by atoms with E-state index in [1.165, 1.54) is 0 Å². The zero-order chi connectivity index (χ0) is 9.42. The van der Waals surface area contributed by atoms with E-state index in [4.69, 9.17) is 0 Å². The molecule has 3 atom stereocenters. The summed E-state index contributed by atoms with van der Waals surface area (Å²) in [6, 6.07) is 0.135. The molecule has 74 valence electrons. The van der Waals surface area contributed by atoms with Crippen molar-refractivity contribution in [3.8, 4) is 0 Å². The van der Waals surface area contributed by atoms with Crippen LogP contribution in [0.1, 0.15) is 32.6 Å². The Bertz CT molecular complexity index is 217. The number of carbonyl (C=O) groups is 1. The highest BCUT2D eigenvalue weighted by molar-refractivity contribution is 5.79. The van der Waals surface area contributed by atoms with E-state index in [1.807, 2.05) is 4.90 Å². The van der Waals surface area contributed by atoms with E-state index >= 15 is 0 Å². The smallest absolute Gasteiger partial charge is 0.222 e. The highest BCUT2D eigenvalue weighted by Gasteiger charge is 2.40. The maximum absolute atomic E-state index is 11.4. The Kier molecular flexibility index (Phi) is 2.28. The number of aliphatic hydroxyl groups excluding tert-OH is 1. The monoisotopic (exact) mass is 183 g/mol. The van der Waals surface area contributed by atoms with Crippen LogP contribution in [0.3, 0.4) is 0 Å². The summed E-state index contributed by atoms with van der Waals surface area (Å²) in [7, 11) is 0. The summed E-state index contributed by atoms with van der Waals surface area (Å²) in [5.74, 6) is 0.746. The summed E-state index contributed by atoms with van der Waals surface area (Å²) in [5, 5.41) is 9.80. The number of hydrogen-bond acceptors (Lipinski definition) is 2. The molecule has 1 amide bonds. The Morgan fingerprint density at radius 1 is 1.62 bits per heavy atom. The zero-order valence-corrected chi connectivity index (χ0v) is 8.07. The van der Waals surface area contributed by atoms with Crippen LogP contribution in [0.25, 0.3) is 0 Å². The second-order valence-corrected chi connectivity index (χ2v) is 4.23. The summed E-state index contributed by atoms with van der Waals surface area (Å²) in [4.78, 5) is 13.3. The van der Waals surface area contributed by atoms with Gasteiger partial charge in [-0.1, -0.05) is 13.3 Å². The van der Waals surface area contributed by atoms with Crippen LogP contribution in [-0.4, -0.2) is 34.6 Å². The van der Waals surface area contributed by atoms with E-state index in [1.54, 1.807) is 0 Å². The Morgan fingerprint density at radius 2 is 2.38 bits per heavy atom. The summed E-state index contributed by atoms with van der Waals surface area (Å²) >= 11 is 0. The van der Waals surface area contributed by atoms with Crippen LogP contribution in [0.2, 0.25) is 0 Å². The van der Waals surface area contributed by atoms with E-state index in [0.717, 1.165) is 25.8 Å². The third-order valence-corrected chi connectivity index (χ3v) is 3.43. The van der Waals surface area contributed by atoms with Crippen LogP contribution in [0.15, 0.2) is 0 Å². The van der Waals surface area contributed by atoms with Gasteiger partial charge >= 0.3 is 0 Å². The Morgan fingerprint density at radius 3 is 3.08 bits per heavy atom. The van der Waals surface area contributed by atoms with Crippen molar-refractivity contribution in [2.75, 3.05) is 6.54 Å². The van der Waals surface area contributed by atoms with Crippen LogP contribution in [0.5, 0.6) is 0 Å². The topological polar surface area (TPSA) is 40.5 Å². The molecule has 0 radical (unpaired) electrons. The number of nitrogens with zero attached hydrogens (tertiary/aromatic N) is 1. The van der Waals surface area contributed by atoms with Crippen molar-refractivity contribution in [1.29, 1.82) is 0 Å². The number of rotatable bonds is 1. The second-order valence-electron chi connectivity index (χ2n) is 4.23. The molecule has 3 heteroatoms. The van der Waals surface area contributed by atoms with Gasteiger partial charge in [0, 0.05) is 13.0 Å². The minimum Gasteiger partial charge on any atom is -0.391 e. The van der Waals surface area contributed by atoms with Gasteiger partial charge in [0.2, 0.25) is 5.91 Å². The normalized spacial score (nSPS) is 39.4. The first-order valence-corrected chi connectivity index (χ1v) is 5.20. The molecule has 0 bridgehead atoms. The molecule has 0 saturated carbocycles. The van der Waals surface area contributed by atoms with Crippen molar-refractivity contribution < 1.29 is 9.90 Å². The molecule has 0 aromatic carbocycles. The molecular formula is C10H17NO2. The van der Waals surface area contributed by atoms with Crippen molar-refractivity contribution in [1.82, 2.24) is 4.90 Å². The van der Waals surface area contributed by atoms with Gasteiger partial charge in [-0.2, -0.15) is 0 Å². The van der Waals surface area contributed by atoms with Gasteiger partial charge in [-0.05, 0) is 18.8 Å². The number of aliphatic hydroxyl groups is 1. The Labute approximate surface area is 78.7 Å². The van der Waals surface area contributed by atoms with Crippen molar-refractivity contribution in [3.63, 3.8) is 0 Å². The van der Waals surface area contributed by atoms with Crippen molar-refractivity contribution in [2.45, 2.75) is 44.8 Å². The number of fused-ring (bicyclic) bond motifs is 1. The largest absolute Gasteiger partial charge is 0.391 e. The predicted octanol–water partition coefficient (Wildman–Crippen LogP) is 0.768. The fraction of sp³-hybridized carbons (Fsp3) is 0.900. The Balaban J connectivity index is 2.09. The molecule has 0 spiro atoms. The van der Waals surface area contributed by atoms with E-state index in [-0.39, 0.29) is 18.1 Å². The first-order chi connectivity index (χ1) is 6.22. The van der Waals surface area contributed by atoms with Crippen molar-refractivity contribution in [2.24, 2.45) is 5.92 Å². The van der Waals surface area contributed by atoms with Crippen molar-refractivity contribution >= 4 is 5.91 Å². The zero-order valence-electron chi connectivity index (χ0n) is 8.07. The van der Waals surface area contributed by atoms with Crippen LogP contribution < -0.4 is 0 Å². The van der Waals surface area contributed by atoms with Crippen LogP contribution in [0, 0.1) is 5.92 Å². The molecule has 2 aliphatic rings. The first kappa shape index (κ1) is 9.00. The van der Waals surface area contributed by atoms with E-state index in [9.17, 15) is 9.90 Å². The number of amides is 1. The molecule has 2 rings (SSSR count). The molecule has 0 aliphatic carbocycles. The van der Waals surface area contributed by atoms with Gasteiger partial charge in [0.25, 0.3) is 0 Å². The van der Waals surface area contributed by atoms with Gasteiger partial charge in [-0.15, -0.1) is 0 Å². The van der Waals surface area contributed by atoms with Gasteiger partial charge in [0.15, 0.2) is 0 Å². The van der Waals surface area contributed by atoms with Crippen molar-refractivity contribution in [3.05, 3.63) is 0 Å². The molecule has 2 aliphatic heterocycles. The molecular weight excluding hydrogens is 166 g/mol. The van der Waals surface area contributed by atoms with Gasteiger partial charge in [-0.3, -0.25) is 4.79 Å². The van der Waals surface area contributed by atoms with E-state index in [0.29, 0.717) is 12.3 Å². The van der Waals surface area contributed by atoms with Crippen LogP contribution >= 0.6 is 0 Å². The minimum atomic E-state index is -0.273. The summed E-state index contributed by atoms with van der Waals surface area (Å²) in [6.07, 6.45) is 3.16. The lowest BCUT2D eigenvalue weighted by atomic mass is 9.89. The molecule has 0 aromatic heterocycles. The molecule has 2 fully saturated rings. The average Bonchev–Trinajstić information content (AvgIpc) is 2.48. The fourth-order valence-corrected chi connectivity index (χ4v) is 2.54.